The maximum absolute atomic E-state index is 10.6. The second-order valence-electron chi connectivity index (χ2n) is 13.0. The van der Waals surface area contributed by atoms with E-state index in [2.05, 4.69) is 34.6 Å². The fourth-order valence-electron chi connectivity index (χ4n) is 9.56. The van der Waals surface area contributed by atoms with Gasteiger partial charge in [0.15, 0.2) is 5.79 Å². The summed E-state index contributed by atoms with van der Waals surface area (Å²) in [6.07, 6.45) is 15.1. The van der Waals surface area contributed by atoms with Gasteiger partial charge in [0, 0.05) is 6.42 Å². The van der Waals surface area contributed by atoms with E-state index < -0.39 is 5.79 Å². The van der Waals surface area contributed by atoms with E-state index in [4.69, 9.17) is 4.74 Å². The summed E-state index contributed by atoms with van der Waals surface area (Å²) in [6.45, 7) is 12.6. The van der Waals surface area contributed by atoms with Gasteiger partial charge >= 0.3 is 0 Å². The quantitative estimate of drug-likeness (QED) is 0.513. The summed E-state index contributed by atoms with van der Waals surface area (Å²) in [5.41, 5.74) is 1.01. The molecular formula is C27H46O2. The molecule has 4 saturated carbocycles. The molecule has 5 fully saturated rings. The molecule has 4 aliphatic carbocycles. The average molecular weight is 403 g/mol. The van der Waals surface area contributed by atoms with Crippen LogP contribution in [0.2, 0.25) is 0 Å². The molecule has 1 saturated heterocycles. The first kappa shape index (κ1) is 20.8. The molecule has 29 heavy (non-hydrogen) atoms. The maximum Gasteiger partial charge on any atom is 0.193 e. The van der Waals surface area contributed by atoms with Crippen LogP contribution in [0.4, 0.5) is 0 Å². The Kier molecular flexibility index (Phi) is 4.99. The molecule has 1 heterocycles. The summed E-state index contributed by atoms with van der Waals surface area (Å²) < 4.78 is 5.77. The van der Waals surface area contributed by atoms with Gasteiger partial charge in [0.25, 0.3) is 0 Å². The average Bonchev–Trinajstić information content (AvgIpc) is 3.14. The molecule has 1 N–H and O–H groups in total. The molecule has 10 atom stereocenters. The Morgan fingerprint density at radius 1 is 0.897 bits per heavy atom. The minimum absolute atomic E-state index is 0.146. The number of hydrogen-bond donors (Lipinski definition) is 1. The first-order valence-electron chi connectivity index (χ1n) is 13.1. The highest BCUT2D eigenvalue weighted by Crippen LogP contribution is 2.70. The van der Waals surface area contributed by atoms with Gasteiger partial charge in [0.2, 0.25) is 0 Å². The Labute approximate surface area is 179 Å². The highest BCUT2D eigenvalue weighted by molar-refractivity contribution is 5.14. The molecule has 1 aliphatic heterocycles. The van der Waals surface area contributed by atoms with E-state index in [1.807, 2.05) is 0 Å². The van der Waals surface area contributed by atoms with Crippen LogP contribution in [0.1, 0.15) is 105 Å². The molecule has 0 radical (unpaired) electrons. The molecule has 2 heteroatoms. The second-order valence-corrected chi connectivity index (χ2v) is 13.0. The van der Waals surface area contributed by atoms with Crippen molar-refractivity contribution in [1.82, 2.24) is 0 Å². The van der Waals surface area contributed by atoms with Crippen LogP contribution in [0, 0.1) is 52.3 Å². The van der Waals surface area contributed by atoms with E-state index in [-0.39, 0.29) is 6.10 Å². The third-order valence-corrected chi connectivity index (χ3v) is 11.2. The third kappa shape index (κ3) is 3.17. The summed E-state index contributed by atoms with van der Waals surface area (Å²) in [4.78, 5) is 0. The fourth-order valence-corrected chi connectivity index (χ4v) is 9.56. The molecule has 2 nitrogen and oxygen atoms in total. The van der Waals surface area contributed by atoms with E-state index in [1.165, 1.54) is 57.8 Å². The minimum Gasteiger partial charge on any atom is -0.363 e. The van der Waals surface area contributed by atoms with Crippen molar-refractivity contribution in [2.45, 2.75) is 117 Å². The third-order valence-electron chi connectivity index (χ3n) is 11.2. The number of epoxide rings is 1. The van der Waals surface area contributed by atoms with E-state index >= 15 is 0 Å². The van der Waals surface area contributed by atoms with E-state index in [0.29, 0.717) is 16.7 Å². The van der Waals surface area contributed by atoms with Gasteiger partial charge in [-0.2, -0.15) is 0 Å². The molecule has 0 aromatic rings. The van der Waals surface area contributed by atoms with Crippen molar-refractivity contribution >= 4 is 0 Å². The molecular weight excluding hydrogens is 356 g/mol. The normalized spacial score (nSPS) is 54.3. The largest absolute Gasteiger partial charge is 0.363 e. The van der Waals surface area contributed by atoms with Gasteiger partial charge < -0.3 is 9.84 Å². The molecule has 0 aromatic heterocycles. The van der Waals surface area contributed by atoms with Crippen LogP contribution in [0.25, 0.3) is 0 Å². The molecule has 0 amide bonds. The second kappa shape index (κ2) is 6.96. The molecule has 0 aromatic carbocycles. The van der Waals surface area contributed by atoms with Gasteiger partial charge in [-0.1, -0.05) is 53.9 Å². The van der Waals surface area contributed by atoms with Gasteiger partial charge in [-0.15, -0.1) is 0 Å². The van der Waals surface area contributed by atoms with Gasteiger partial charge in [0.05, 0.1) is 0 Å². The van der Waals surface area contributed by atoms with E-state index in [1.54, 1.807) is 0 Å². The summed E-state index contributed by atoms with van der Waals surface area (Å²) in [6, 6.07) is 0. The Morgan fingerprint density at radius 2 is 1.66 bits per heavy atom. The van der Waals surface area contributed by atoms with E-state index in [0.717, 1.165) is 48.3 Å². The highest BCUT2D eigenvalue weighted by Gasteiger charge is 2.68. The standard InChI is InChI=1S/C27H46O2/c1-17(2)7-6-8-18(3)21-11-12-22-20-10-9-19-15-27(28)24(29-27)16-26(19,5)23(20)13-14-25(21,22)4/h17-24,28H,6-16H2,1-5H3/t18-,19?,20+,21-,22+,23+,24?,25-,26+,27?/m1/s1. The van der Waals surface area contributed by atoms with Crippen molar-refractivity contribution in [3.63, 3.8) is 0 Å². The minimum atomic E-state index is -0.732. The Bertz CT molecular complexity index is 630. The topological polar surface area (TPSA) is 32.8 Å². The predicted molar refractivity (Wildman–Crippen MR) is 118 cm³/mol. The van der Waals surface area contributed by atoms with Gasteiger partial charge in [-0.3, -0.25) is 0 Å². The lowest BCUT2D eigenvalue weighted by Gasteiger charge is -2.60. The zero-order valence-electron chi connectivity index (χ0n) is 19.8. The fraction of sp³-hybridized carbons (Fsp3) is 1.00. The van der Waals surface area contributed by atoms with Crippen molar-refractivity contribution in [3.05, 3.63) is 0 Å². The van der Waals surface area contributed by atoms with Crippen LogP contribution in [-0.2, 0) is 4.74 Å². The summed E-state index contributed by atoms with van der Waals surface area (Å²) in [7, 11) is 0. The van der Waals surface area contributed by atoms with Crippen molar-refractivity contribution in [3.8, 4) is 0 Å². The van der Waals surface area contributed by atoms with Crippen molar-refractivity contribution in [2.75, 3.05) is 0 Å². The Hall–Kier alpha value is -0.0800. The monoisotopic (exact) mass is 402 g/mol. The SMILES string of the molecule is CC(C)CCC[C@@H](C)[C@H]1CC[C@H]2[C@@H]3CCC4CC5(O)OC5C[C@]4(C)[C@H]3CC[C@]12C. The van der Waals surface area contributed by atoms with Crippen LogP contribution >= 0.6 is 0 Å². The zero-order chi connectivity index (χ0) is 20.6. The van der Waals surface area contributed by atoms with Gasteiger partial charge in [-0.05, 0) is 97.2 Å². The van der Waals surface area contributed by atoms with Crippen molar-refractivity contribution < 1.29 is 9.84 Å². The molecule has 5 rings (SSSR count). The first-order valence-corrected chi connectivity index (χ1v) is 13.1. The van der Waals surface area contributed by atoms with Crippen molar-refractivity contribution in [1.29, 1.82) is 0 Å². The van der Waals surface area contributed by atoms with E-state index in [9.17, 15) is 5.11 Å². The number of aliphatic hydroxyl groups is 1. The summed E-state index contributed by atoms with van der Waals surface area (Å²) >= 11 is 0. The van der Waals surface area contributed by atoms with Crippen molar-refractivity contribution in [2.24, 2.45) is 52.3 Å². The molecule has 0 bridgehead atoms. The van der Waals surface area contributed by atoms with Crippen LogP contribution in [0.3, 0.4) is 0 Å². The molecule has 5 aliphatic rings. The molecule has 0 spiro atoms. The van der Waals surface area contributed by atoms with Gasteiger partial charge in [0.1, 0.15) is 6.10 Å². The first-order chi connectivity index (χ1) is 13.7. The lowest BCUT2D eigenvalue weighted by atomic mass is 9.44. The number of fused-ring (bicyclic) bond motifs is 6. The smallest absolute Gasteiger partial charge is 0.193 e. The lowest BCUT2D eigenvalue weighted by molar-refractivity contribution is -0.128. The number of hydrogen-bond acceptors (Lipinski definition) is 2. The van der Waals surface area contributed by atoms with Crippen LogP contribution in [-0.4, -0.2) is 17.0 Å². The summed E-state index contributed by atoms with van der Waals surface area (Å²) in [5.74, 6) is 5.43. The van der Waals surface area contributed by atoms with Gasteiger partial charge in [-0.25, -0.2) is 0 Å². The van der Waals surface area contributed by atoms with Crippen LogP contribution in [0.5, 0.6) is 0 Å². The van der Waals surface area contributed by atoms with Crippen LogP contribution < -0.4 is 0 Å². The summed E-state index contributed by atoms with van der Waals surface area (Å²) in [5, 5.41) is 10.6. The lowest BCUT2D eigenvalue weighted by Crippen LogP contribution is -2.55. The maximum atomic E-state index is 10.6. The Balaban J connectivity index is 1.30. The zero-order valence-corrected chi connectivity index (χ0v) is 19.8. The molecule has 166 valence electrons. The molecule has 3 unspecified atom stereocenters. The number of ether oxygens (including phenoxy) is 1. The highest BCUT2D eigenvalue weighted by atomic mass is 16.7. The predicted octanol–water partition coefficient (Wildman–Crippen LogP) is 6.81. The number of rotatable bonds is 5. The van der Waals surface area contributed by atoms with Crippen LogP contribution in [0.15, 0.2) is 0 Å². The Morgan fingerprint density at radius 3 is 2.41 bits per heavy atom.